The Hall–Kier alpha value is -3.31. The number of aromatic nitrogens is 1. The van der Waals surface area contributed by atoms with Crippen LogP contribution in [0.3, 0.4) is 0 Å². The molecule has 1 aliphatic carbocycles. The number of nitrogens with one attached hydrogen (secondary N) is 2. The van der Waals surface area contributed by atoms with Gasteiger partial charge in [-0.3, -0.25) is 19.2 Å². The van der Waals surface area contributed by atoms with Gasteiger partial charge in [-0.2, -0.15) is 0 Å². The van der Waals surface area contributed by atoms with E-state index in [9.17, 15) is 29.4 Å². The number of hydrogen-bond donors (Lipinski definition) is 4. The van der Waals surface area contributed by atoms with Gasteiger partial charge in [-0.15, -0.1) is 11.3 Å². The number of aliphatic hydroxyl groups excluding tert-OH is 1. The Kier molecular flexibility index (Phi) is 8.37. The third-order valence-corrected chi connectivity index (χ3v) is 8.95. The van der Waals surface area contributed by atoms with E-state index in [1.807, 2.05) is 52.0 Å². The largest absolute Gasteiger partial charge is 0.481 e. The minimum Gasteiger partial charge on any atom is -0.481 e. The van der Waals surface area contributed by atoms with Gasteiger partial charge in [-0.1, -0.05) is 52.0 Å². The topological polar surface area (TPSA) is 149 Å². The van der Waals surface area contributed by atoms with Crippen LogP contribution in [0.15, 0.2) is 29.8 Å². The van der Waals surface area contributed by atoms with Crippen molar-refractivity contribution in [2.24, 2.45) is 16.7 Å². The van der Waals surface area contributed by atoms with Crippen molar-refractivity contribution in [3.05, 3.63) is 41.0 Å². The summed E-state index contributed by atoms with van der Waals surface area (Å²) in [7, 11) is 0. The van der Waals surface area contributed by atoms with Crippen LogP contribution in [0, 0.1) is 23.7 Å². The number of carbonyl (C=O) groups excluding carboxylic acids is 3. The fourth-order valence-electron chi connectivity index (χ4n) is 5.47. The maximum absolute atomic E-state index is 13.8. The average molecular weight is 571 g/mol. The number of thiazole rings is 1. The highest BCUT2D eigenvalue weighted by molar-refractivity contribution is 7.13. The van der Waals surface area contributed by atoms with E-state index in [0.29, 0.717) is 0 Å². The Bertz CT molecular complexity index is 1280. The van der Waals surface area contributed by atoms with E-state index in [-0.39, 0.29) is 44.2 Å². The molecular weight excluding hydrogens is 532 g/mol. The van der Waals surface area contributed by atoms with Crippen LogP contribution in [0.2, 0.25) is 0 Å². The summed E-state index contributed by atoms with van der Waals surface area (Å²) in [5.74, 6) is -2.70. The lowest BCUT2D eigenvalue weighted by molar-refractivity contribution is -0.156. The zero-order valence-corrected chi connectivity index (χ0v) is 24.4. The molecule has 2 heterocycles. The number of β-amino-alcohol motifs (C(OH)–C–C–N with tert-alkyl or cyclic N) is 1. The SMILES string of the molecule is Cc1ncsc1-c1ccc(CNC(=O)[C@@H]2C[C@@H](O)CN2C(=O)[C@H](NC(=O)C2(C)CC(C(=O)O)C2)C(C)(C)C)cc1. The van der Waals surface area contributed by atoms with Crippen molar-refractivity contribution < 1.29 is 29.4 Å². The van der Waals surface area contributed by atoms with E-state index in [0.717, 1.165) is 21.7 Å². The van der Waals surface area contributed by atoms with Crippen molar-refractivity contribution in [3.63, 3.8) is 0 Å². The van der Waals surface area contributed by atoms with Gasteiger partial charge in [0, 0.05) is 24.9 Å². The van der Waals surface area contributed by atoms with Crippen LogP contribution in [0.4, 0.5) is 0 Å². The van der Waals surface area contributed by atoms with Crippen LogP contribution in [-0.4, -0.2) is 68.5 Å². The van der Waals surface area contributed by atoms with Gasteiger partial charge >= 0.3 is 5.97 Å². The highest BCUT2D eigenvalue weighted by Crippen LogP contribution is 2.46. The van der Waals surface area contributed by atoms with E-state index in [2.05, 4.69) is 15.6 Å². The van der Waals surface area contributed by atoms with Gasteiger partial charge in [-0.05, 0) is 36.3 Å². The molecule has 0 unspecified atom stereocenters. The quantitative estimate of drug-likeness (QED) is 0.381. The fourth-order valence-corrected chi connectivity index (χ4v) is 6.29. The molecule has 0 bridgehead atoms. The molecule has 0 spiro atoms. The van der Waals surface area contributed by atoms with Gasteiger partial charge in [0.15, 0.2) is 0 Å². The monoisotopic (exact) mass is 570 g/mol. The predicted molar refractivity (Wildman–Crippen MR) is 150 cm³/mol. The number of carboxylic acids is 1. The number of aryl methyl sites for hydroxylation is 1. The molecule has 2 aliphatic rings. The minimum absolute atomic E-state index is 0.0133. The van der Waals surface area contributed by atoms with E-state index in [1.165, 1.54) is 4.90 Å². The summed E-state index contributed by atoms with van der Waals surface area (Å²) in [6, 6.07) is 6.00. The van der Waals surface area contributed by atoms with Gasteiger partial charge in [-0.25, -0.2) is 4.98 Å². The second-order valence-electron chi connectivity index (χ2n) is 12.4. The second kappa shape index (κ2) is 11.3. The van der Waals surface area contributed by atoms with Crippen molar-refractivity contribution in [3.8, 4) is 10.4 Å². The Balaban J connectivity index is 1.41. The molecule has 2 fully saturated rings. The Morgan fingerprint density at radius 2 is 1.82 bits per heavy atom. The van der Waals surface area contributed by atoms with Crippen molar-refractivity contribution in [1.29, 1.82) is 0 Å². The zero-order valence-electron chi connectivity index (χ0n) is 23.6. The molecule has 4 N–H and O–H groups in total. The molecule has 11 heteroatoms. The van der Waals surface area contributed by atoms with Gasteiger partial charge in [0.1, 0.15) is 12.1 Å². The summed E-state index contributed by atoms with van der Waals surface area (Å²) in [5, 5.41) is 25.4. The number of benzene rings is 1. The molecule has 3 atom stereocenters. The lowest BCUT2D eigenvalue weighted by atomic mass is 9.62. The van der Waals surface area contributed by atoms with E-state index in [4.69, 9.17) is 0 Å². The Morgan fingerprint density at radius 3 is 2.38 bits per heavy atom. The van der Waals surface area contributed by atoms with Crippen LogP contribution in [0.25, 0.3) is 10.4 Å². The van der Waals surface area contributed by atoms with Crippen LogP contribution < -0.4 is 10.6 Å². The maximum atomic E-state index is 13.8. The van der Waals surface area contributed by atoms with E-state index < -0.39 is 46.8 Å². The first-order valence-corrected chi connectivity index (χ1v) is 14.4. The Morgan fingerprint density at radius 1 is 1.18 bits per heavy atom. The second-order valence-corrected chi connectivity index (χ2v) is 13.2. The lowest BCUT2D eigenvalue weighted by Crippen LogP contribution is -2.61. The number of nitrogens with zero attached hydrogens (tertiary/aromatic N) is 2. The van der Waals surface area contributed by atoms with E-state index in [1.54, 1.807) is 23.8 Å². The van der Waals surface area contributed by atoms with Crippen LogP contribution in [0.1, 0.15) is 58.2 Å². The van der Waals surface area contributed by atoms with Crippen molar-refractivity contribution in [2.45, 2.75) is 78.6 Å². The third kappa shape index (κ3) is 6.20. The first-order chi connectivity index (χ1) is 18.7. The average Bonchev–Trinajstić information content (AvgIpc) is 3.48. The molecule has 40 heavy (non-hydrogen) atoms. The van der Waals surface area contributed by atoms with Gasteiger partial charge in [0.25, 0.3) is 0 Å². The van der Waals surface area contributed by atoms with Gasteiger partial charge in [0.2, 0.25) is 17.7 Å². The number of hydrogen-bond acceptors (Lipinski definition) is 7. The van der Waals surface area contributed by atoms with E-state index >= 15 is 0 Å². The Labute approximate surface area is 238 Å². The smallest absolute Gasteiger partial charge is 0.306 e. The molecule has 4 rings (SSSR count). The molecule has 1 aromatic heterocycles. The van der Waals surface area contributed by atoms with Gasteiger partial charge < -0.3 is 25.7 Å². The highest BCUT2D eigenvalue weighted by Gasteiger charge is 2.51. The summed E-state index contributed by atoms with van der Waals surface area (Å²) in [6.07, 6.45) is -0.350. The number of carboxylic acid groups (broad SMARTS) is 1. The summed E-state index contributed by atoms with van der Waals surface area (Å²) in [6.45, 7) is 9.36. The maximum Gasteiger partial charge on any atom is 0.306 e. The third-order valence-electron chi connectivity index (χ3n) is 7.97. The molecule has 1 aromatic carbocycles. The first-order valence-electron chi connectivity index (χ1n) is 13.5. The number of aliphatic hydroxyl groups is 1. The summed E-state index contributed by atoms with van der Waals surface area (Å²) < 4.78 is 0. The van der Waals surface area contributed by atoms with Crippen LogP contribution in [0.5, 0.6) is 0 Å². The number of aliphatic carboxylic acids is 1. The molecule has 1 saturated heterocycles. The van der Waals surface area contributed by atoms with Crippen LogP contribution in [-0.2, 0) is 25.7 Å². The molecule has 0 radical (unpaired) electrons. The number of rotatable bonds is 8. The normalized spacial score (nSPS) is 25.1. The molecule has 1 aliphatic heterocycles. The summed E-state index contributed by atoms with van der Waals surface area (Å²) in [4.78, 5) is 58.1. The van der Waals surface area contributed by atoms with Crippen molar-refractivity contribution in [1.82, 2.24) is 20.5 Å². The number of amides is 3. The fraction of sp³-hybridized carbons (Fsp3) is 0.552. The van der Waals surface area contributed by atoms with Crippen molar-refractivity contribution >= 4 is 35.0 Å². The molecule has 3 amide bonds. The number of carbonyl (C=O) groups is 4. The first kappa shape index (κ1) is 29.7. The molecule has 216 valence electrons. The molecule has 10 nitrogen and oxygen atoms in total. The van der Waals surface area contributed by atoms with Crippen LogP contribution >= 0.6 is 11.3 Å². The molecular formula is C29H38N4O6S. The number of likely N-dealkylation sites (tertiary alicyclic amines) is 1. The predicted octanol–water partition coefficient (Wildman–Crippen LogP) is 2.73. The standard InChI is InChI=1S/C29H38N4O6S/c1-16-22(40-15-31-16)18-8-6-17(7-9-18)13-30-24(35)21-10-20(34)14-33(21)25(36)23(28(2,3)4)32-27(39)29(5)11-19(12-29)26(37)38/h6-9,15,19-21,23,34H,10-14H2,1-5H3,(H,30,35)(H,32,39)(H,37,38)/t19?,20-,21+,23+,29?/m1/s1. The van der Waals surface area contributed by atoms with Gasteiger partial charge in [0.05, 0.1) is 28.1 Å². The molecule has 2 aromatic rings. The van der Waals surface area contributed by atoms with Crippen molar-refractivity contribution in [2.75, 3.05) is 6.54 Å². The summed E-state index contributed by atoms with van der Waals surface area (Å²) >= 11 is 1.57. The molecule has 1 saturated carbocycles. The highest BCUT2D eigenvalue weighted by atomic mass is 32.1. The zero-order chi connectivity index (χ0) is 29.4. The minimum atomic E-state index is -0.955. The summed E-state index contributed by atoms with van der Waals surface area (Å²) in [5.41, 5.74) is 3.15. The lowest BCUT2D eigenvalue weighted by Gasteiger charge is -2.44.